The van der Waals surface area contributed by atoms with Crippen molar-refractivity contribution < 1.29 is 14.3 Å². The lowest BCUT2D eigenvalue weighted by Gasteiger charge is -2.27. The number of aromatic nitrogens is 2. The summed E-state index contributed by atoms with van der Waals surface area (Å²) in [5, 5.41) is 16.9. The summed E-state index contributed by atoms with van der Waals surface area (Å²) in [7, 11) is 0. The predicted molar refractivity (Wildman–Crippen MR) is 134 cm³/mol. The van der Waals surface area contributed by atoms with E-state index < -0.39 is 17.4 Å². The molecule has 3 rings (SSSR count). The fraction of sp³-hybridized carbons (Fsp3) is 0.261. The summed E-state index contributed by atoms with van der Waals surface area (Å²) in [6.07, 6.45) is 1.47. The lowest BCUT2D eigenvalue weighted by atomic mass is 10.0. The zero-order chi connectivity index (χ0) is 25.0. The van der Waals surface area contributed by atoms with Crippen LogP contribution in [0, 0.1) is 5.82 Å². The summed E-state index contributed by atoms with van der Waals surface area (Å²) in [4.78, 5) is 23.1. The van der Waals surface area contributed by atoms with Gasteiger partial charge >= 0.3 is 6.03 Å². The second-order valence-corrected chi connectivity index (χ2v) is 9.31. The summed E-state index contributed by atoms with van der Waals surface area (Å²) in [6.45, 7) is 5.11. The summed E-state index contributed by atoms with van der Waals surface area (Å²) < 4.78 is 13.5. The highest BCUT2D eigenvalue weighted by Gasteiger charge is 2.24. The maximum atomic E-state index is 13.5. The molecule has 0 spiro atoms. The Kier molecular flexibility index (Phi) is 8.20. The Morgan fingerprint density at radius 3 is 2.50 bits per heavy atom. The Hall–Kier alpha value is -2.65. The van der Waals surface area contributed by atoms with Crippen LogP contribution in [0.15, 0.2) is 48.7 Å². The molecule has 0 fully saturated rings. The Bertz CT molecular complexity index is 1170. The van der Waals surface area contributed by atoms with E-state index in [1.807, 2.05) is 0 Å². The van der Waals surface area contributed by atoms with Gasteiger partial charge in [0.15, 0.2) is 0 Å². The first-order chi connectivity index (χ1) is 16.0. The van der Waals surface area contributed by atoms with Crippen molar-refractivity contribution in [2.24, 2.45) is 0 Å². The Morgan fingerprint density at radius 2 is 1.85 bits per heavy atom. The van der Waals surface area contributed by atoms with Crippen LogP contribution in [-0.4, -0.2) is 32.7 Å². The molecular weight excluding hydrogens is 504 g/mol. The molecule has 3 N–H and O–H groups in total. The quantitative estimate of drug-likeness (QED) is 0.319. The van der Waals surface area contributed by atoms with Crippen LogP contribution in [-0.2, 0) is 6.54 Å². The largest absolute Gasteiger partial charge is 0.388 e. The van der Waals surface area contributed by atoms with Gasteiger partial charge in [-0.05, 0) is 62.7 Å². The normalized spacial score (nSPS) is 12.2. The van der Waals surface area contributed by atoms with E-state index in [4.69, 9.17) is 34.8 Å². The first kappa shape index (κ1) is 26.0. The van der Waals surface area contributed by atoms with Gasteiger partial charge in [0.1, 0.15) is 11.6 Å². The molecule has 3 aromatic rings. The number of nitrogens with zero attached hydrogens (tertiary/aromatic N) is 3. The summed E-state index contributed by atoms with van der Waals surface area (Å²) >= 11 is 18.4. The number of urea groups is 1. The Labute approximate surface area is 211 Å². The highest BCUT2D eigenvalue weighted by atomic mass is 35.5. The third-order valence-corrected chi connectivity index (χ3v) is 6.12. The van der Waals surface area contributed by atoms with Gasteiger partial charge in [0.05, 0.1) is 27.4 Å². The smallest absolute Gasteiger partial charge is 0.327 e. The zero-order valence-corrected chi connectivity index (χ0v) is 20.9. The average Bonchev–Trinajstić information content (AvgIpc) is 2.76. The second-order valence-electron chi connectivity index (χ2n) is 8.09. The number of halogens is 4. The van der Waals surface area contributed by atoms with E-state index in [2.05, 4.69) is 20.6 Å². The van der Waals surface area contributed by atoms with Gasteiger partial charge in [-0.15, -0.1) is 0 Å². The highest BCUT2D eigenvalue weighted by Crippen LogP contribution is 2.30. The van der Waals surface area contributed by atoms with Crippen molar-refractivity contribution in [1.29, 1.82) is 0 Å². The van der Waals surface area contributed by atoms with Crippen LogP contribution >= 0.6 is 34.8 Å². The van der Waals surface area contributed by atoms with E-state index >= 15 is 0 Å². The molecule has 0 aliphatic rings. The van der Waals surface area contributed by atoms with Gasteiger partial charge in [0.2, 0.25) is 5.95 Å². The molecule has 0 aliphatic heterocycles. The van der Waals surface area contributed by atoms with Gasteiger partial charge in [-0.2, -0.15) is 4.98 Å². The topological polar surface area (TPSA) is 90.4 Å². The van der Waals surface area contributed by atoms with Crippen molar-refractivity contribution in [3.8, 4) is 0 Å². The number of nitrogens with one attached hydrogen (secondary N) is 2. The monoisotopic (exact) mass is 525 g/mol. The number of anilines is 3. The van der Waals surface area contributed by atoms with Crippen LogP contribution in [0.3, 0.4) is 0 Å². The molecule has 1 heterocycles. The minimum Gasteiger partial charge on any atom is -0.388 e. The molecule has 11 heteroatoms. The lowest BCUT2D eigenvalue weighted by molar-refractivity contribution is 0.0646. The number of amides is 2. The first-order valence-corrected chi connectivity index (χ1v) is 11.4. The average molecular weight is 527 g/mol. The molecule has 0 aliphatic carbocycles. The molecule has 1 aromatic heterocycles. The Morgan fingerprint density at radius 1 is 1.18 bits per heavy atom. The van der Waals surface area contributed by atoms with Crippen molar-refractivity contribution in [3.63, 3.8) is 0 Å². The van der Waals surface area contributed by atoms with Crippen LogP contribution in [0.4, 0.5) is 26.6 Å². The molecule has 7 nitrogen and oxygen atoms in total. The SMILES string of the molecule is CC(Nc1nccc(N(C(=O)NCc2cc(Cl)cc(Cl)c2Cl)c2ccc(F)cc2)n1)C(C)(C)O. The van der Waals surface area contributed by atoms with Crippen molar-refractivity contribution in [1.82, 2.24) is 15.3 Å². The molecule has 0 radical (unpaired) electrons. The van der Waals surface area contributed by atoms with E-state index in [0.29, 0.717) is 16.3 Å². The molecular formula is C23H23Cl3FN5O2. The summed E-state index contributed by atoms with van der Waals surface area (Å²) in [5.41, 5.74) is -0.143. The van der Waals surface area contributed by atoms with Gasteiger partial charge in [0, 0.05) is 23.8 Å². The van der Waals surface area contributed by atoms with Crippen LogP contribution in [0.25, 0.3) is 0 Å². The number of carbonyl (C=O) groups is 1. The second kappa shape index (κ2) is 10.7. The zero-order valence-electron chi connectivity index (χ0n) is 18.6. The molecule has 1 atom stereocenters. The number of aliphatic hydroxyl groups is 1. The van der Waals surface area contributed by atoms with Gasteiger partial charge in [-0.1, -0.05) is 34.8 Å². The standard InChI is InChI=1S/C23H23Cl3FN5O2/c1-13(23(2,3)34)30-21-28-9-8-19(31-21)32(17-6-4-16(27)5-7-17)22(33)29-12-14-10-15(24)11-18(25)20(14)26/h4-11,13,34H,12H2,1-3H3,(H,29,33)(H,28,30,31). The molecule has 180 valence electrons. The van der Waals surface area contributed by atoms with Crippen LogP contribution < -0.4 is 15.5 Å². The van der Waals surface area contributed by atoms with Crippen molar-refractivity contribution in [2.75, 3.05) is 10.2 Å². The maximum Gasteiger partial charge on any atom is 0.327 e. The molecule has 2 amide bonds. The van der Waals surface area contributed by atoms with Gasteiger partial charge < -0.3 is 15.7 Å². The van der Waals surface area contributed by atoms with Gasteiger partial charge in [-0.25, -0.2) is 19.1 Å². The van der Waals surface area contributed by atoms with Crippen molar-refractivity contribution >= 4 is 58.3 Å². The number of hydrogen-bond acceptors (Lipinski definition) is 5. The molecule has 2 aromatic carbocycles. The van der Waals surface area contributed by atoms with E-state index in [1.54, 1.807) is 26.8 Å². The molecule has 1 unspecified atom stereocenters. The van der Waals surface area contributed by atoms with Crippen LogP contribution in [0.2, 0.25) is 15.1 Å². The predicted octanol–water partition coefficient (Wildman–Crippen LogP) is 6.20. The lowest BCUT2D eigenvalue weighted by Crippen LogP contribution is -2.40. The fourth-order valence-corrected chi connectivity index (χ4v) is 3.56. The van der Waals surface area contributed by atoms with E-state index in [9.17, 15) is 14.3 Å². The molecule has 0 saturated heterocycles. The van der Waals surface area contributed by atoms with Crippen LogP contribution in [0.5, 0.6) is 0 Å². The minimum atomic E-state index is -1.04. The fourth-order valence-electron chi connectivity index (χ4n) is 2.85. The highest BCUT2D eigenvalue weighted by molar-refractivity contribution is 6.43. The Balaban J connectivity index is 1.91. The maximum absolute atomic E-state index is 13.5. The van der Waals surface area contributed by atoms with E-state index in [-0.39, 0.29) is 34.4 Å². The van der Waals surface area contributed by atoms with Crippen molar-refractivity contribution in [3.05, 3.63) is 75.1 Å². The molecule has 0 bridgehead atoms. The van der Waals surface area contributed by atoms with Crippen molar-refractivity contribution in [2.45, 2.75) is 39.0 Å². The first-order valence-electron chi connectivity index (χ1n) is 10.2. The summed E-state index contributed by atoms with van der Waals surface area (Å²) in [5.74, 6) is -0.0232. The third kappa shape index (κ3) is 6.48. The third-order valence-electron chi connectivity index (χ3n) is 5.06. The van der Waals surface area contributed by atoms with Gasteiger partial charge in [0.25, 0.3) is 0 Å². The van der Waals surface area contributed by atoms with E-state index in [0.717, 1.165) is 0 Å². The number of carbonyl (C=O) groups excluding carboxylic acids is 1. The number of benzene rings is 2. The van der Waals surface area contributed by atoms with Gasteiger partial charge in [-0.3, -0.25) is 0 Å². The number of hydrogen-bond donors (Lipinski definition) is 3. The molecule has 34 heavy (non-hydrogen) atoms. The van der Waals surface area contributed by atoms with Crippen LogP contribution in [0.1, 0.15) is 26.3 Å². The summed E-state index contributed by atoms with van der Waals surface area (Å²) in [6, 6.07) is 9.07. The number of rotatable bonds is 7. The molecule has 0 saturated carbocycles. The minimum absolute atomic E-state index is 0.0293. The van der Waals surface area contributed by atoms with E-state index in [1.165, 1.54) is 47.5 Å².